The maximum Gasteiger partial charge on any atom is 0.241 e. The van der Waals surface area contributed by atoms with E-state index in [-0.39, 0.29) is 18.1 Å². The van der Waals surface area contributed by atoms with Gasteiger partial charge in [0.15, 0.2) is 0 Å². The molecule has 0 saturated carbocycles. The zero-order chi connectivity index (χ0) is 15.4. The number of hydrogen-bond acceptors (Lipinski definition) is 3. The second-order valence-electron chi connectivity index (χ2n) is 5.35. The summed E-state index contributed by atoms with van der Waals surface area (Å²) >= 11 is 0. The van der Waals surface area contributed by atoms with Crippen molar-refractivity contribution in [2.45, 2.75) is 39.4 Å². The number of nitrogens with one attached hydrogen (secondary N) is 1. The number of carbonyl (C=O) groups excluding carboxylic acids is 1. The second kappa shape index (κ2) is 7.18. The van der Waals surface area contributed by atoms with Crippen molar-refractivity contribution in [1.82, 2.24) is 10.2 Å². The molecule has 3 unspecified atom stereocenters. The van der Waals surface area contributed by atoms with E-state index >= 15 is 0 Å². The molecule has 1 aliphatic heterocycles. The smallest absolute Gasteiger partial charge is 0.241 e. The van der Waals surface area contributed by atoms with Crippen molar-refractivity contribution in [3.63, 3.8) is 0 Å². The van der Waals surface area contributed by atoms with Crippen LogP contribution in [0.1, 0.15) is 38.1 Å². The van der Waals surface area contributed by atoms with Crippen molar-refractivity contribution >= 4 is 16.7 Å². The van der Waals surface area contributed by atoms with E-state index in [2.05, 4.69) is 36.5 Å². The summed E-state index contributed by atoms with van der Waals surface area (Å²) in [7, 11) is -0.847. The largest absolute Gasteiger partial charge is 0.321 e. The van der Waals surface area contributed by atoms with E-state index in [1.807, 2.05) is 18.7 Å². The minimum Gasteiger partial charge on any atom is -0.321 e. The Morgan fingerprint density at radius 3 is 2.48 bits per heavy atom. The van der Waals surface area contributed by atoms with Crippen LogP contribution in [0.2, 0.25) is 0 Å². The summed E-state index contributed by atoms with van der Waals surface area (Å²) in [6, 6.07) is 8.17. The monoisotopic (exact) mass is 308 g/mol. The second-order valence-corrected chi connectivity index (χ2v) is 7.22. The third kappa shape index (κ3) is 3.71. The summed E-state index contributed by atoms with van der Waals surface area (Å²) in [5, 5.41) is 3.33. The molecule has 21 heavy (non-hydrogen) atoms. The molecule has 1 fully saturated rings. The number of aryl methyl sites for hydroxylation is 1. The van der Waals surface area contributed by atoms with Crippen LogP contribution in [0.4, 0.5) is 0 Å². The number of amides is 1. The Morgan fingerprint density at radius 1 is 1.24 bits per heavy atom. The molecule has 116 valence electrons. The molecule has 0 aromatic heterocycles. The first-order valence-corrected chi connectivity index (χ1v) is 9.06. The standard InChI is InChI=1S/C16H24N2O2S/c1-4-13-6-8-14(9-7-13)15-17-12(3)16(19)18(15)10-11-21(20)5-2/h6-9,12,15,17H,4-5,10-11H2,1-3H3. The molecule has 1 heterocycles. The summed E-state index contributed by atoms with van der Waals surface area (Å²) in [6.07, 6.45) is 0.902. The molecule has 2 rings (SSSR count). The molecule has 1 aromatic carbocycles. The van der Waals surface area contributed by atoms with Crippen LogP contribution < -0.4 is 5.32 Å². The van der Waals surface area contributed by atoms with Gasteiger partial charge in [0.05, 0.1) is 6.04 Å². The normalized spacial score (nSPS) is 23.6. The van der Waals surface area contributed by atoms with Gasteiger partial charge in [-0.15, -0.1) is 0 Å². The van der Waals surface area contributed by atoms with Gasteiger partial charge >= 0.3 is 0 Å². The van der Waals surface area contributed by atoms with Crippen molar-refractivity contribution < 1.29 is 9.00 Å². The summed E-state index contributed by atoms with van der Waals surface area (Å²) in [6.45, 7) is 6.45. The number of hydrogen-bond donors (Lipinski definition) is 1. The fraction of sp³-hybridized carbons (Fsp3) is 0.562. The molecule has 4 nitrogen and oxygen atoms in total. The summed E-state index contributed by atoms with van der Waals surface area (Å²) in [5.41, 5.74) is 2.38. The third-order valence-corrected chi connectivity index (χ3v) is 5.24. The van der Waals surface area contributed by atoms with E-state index < -0.39 is 10.8 Å². The van der Waals surface area contributed by atoms with Crippen LogP contribution in [0, 0.1) is 0 Å². The molecule has 5 heteroatoms. The first-order chi connectivity index (χ1) is 10.1. The highest BCUT2D eigenvalue weighted by Gasteiger charge is 2.36. The summed E-state index contributed by atoms with van der Waals surface area (Å²) < 4.78 is 11.6. The molecule has 1 N–H and O–H groups in total. The Bertz CT molecular complexity index is 516. The first-order valence-electron chi connectivity index (χ1n) is 7.57. The van der Waals surface area contributed by atoms with Crippen molar-refractivity contribution in [3.8, 4) is 0 Å². The lowest BCUT2D eigenvalue weighted by molar-refractivity contribution is -0.129. The number of nitrogens with zero attached hydrogens (tertiary/aromatic N) is 1. The zero-order valence-corrected chi connectivity index (χ0v) is 13.8. The highest BCUT2D eigenvalue weighted by atomic mass is 32.2. The summed E-state index contributed by atoms with van der Waals surface area (Å²) in [5.74, 6) is 1.27. The van der Waals surface area contributed by atoms with Crippen molar-refractivity contribution in [3.05, 3.63) is 35.4 Å². The molecule has 0 aliphatic carbocycles. The highest BCUT2D eigenvalue weighted by Crippen LogP contribution is 2.25. The lowest BCUT2D eigenvalue weighted by Gasteiger charge is -2.24. The van der Waals surface area contributed by atoms with Gasteiger partial charge in [0.2, 0.25) is 5.91 Å². The molecule has 1 saturated heterocycles. The van der Waals surface area contributed by atoms with Crippen LogP contribution in [0.5, 0.6) is 0 Å². The van der Waals surface area contributed by atoms with Gasteiger partial charge < -0.3 is 4.90 Å². The van der Waals surface area contributed by atoms with Crippen LogP contribution in [-0.2, 0) is 22.0 Å². The molecule has 0 bridgehead atoms. The Balaban J connectivity index is 2.14. The van der Waals surface area contributed by atoms with Gasteiger partial charge in [-0.25, -0.2) is 0 Å². The van der Waals surface area contributed by atoms with Gasteiger partial charge in [-0.05, 0) is 24.5 Å². The van der Waals surface area contributed by atoms with Gasteiger partial charge in [0.25, 0.3) is 0 Å². The zero-order valence-electron chi connectivity index (χ0n) is 13.0. The van der Waals surface area contributed by atoms with E-state index in [4.69, 9.17) is 0 Å². The van der Waals surface area contributed by atoms with Gasteiger partial charge in [-0.2, -0.15) is 0 Å². The Kier molecular flexibility index (Phi) is 5.53. The van der Waals surface area contributed by atoms with E-state index in [0.717, 1.165) is 12.0 Å². The van der Waals surface area contributed by atoms with Gasteiger partial charge in [-0.1, -0.05) is 38.1 Å². The fourth-order valence-corrected chi connectivity index (χ4v) is 3.26. The number of carbonyl (C=O) groups is 1. The van der Waals surface area contributed by atoms with Crippen LogP contribution in [0.25, 0.3) is 0 Å². The Labute approximate surface area is 129 Å². The third-order valence-electron chi connectivity index (χ3n) is 3.96. The van der Waals surface area contributed by atoms with Crippen molar-refractivity contribution in [1.29, 1.82) is 0 Å². The molecule has 1 aliphatic rings. The first kappa shape index (κ1) is 16.2. The molecule has 0 radical (unpaired) electrons. The topological polar surface area (TPSA) is 49.4 Å². The fourth-order valence-electron chi connectivity index (χ4n) is 2.57. The van der Waals surface area contributed by atoms with Crippen LogP contribution >= 0.6 is 0 Å². The predicted octanol–water partition coefficient (Wildman–Crippen LogP) is 1.84. The van der Waals surface area contributed by atoms with Gasteiger partial charge in [0, 0.05) is 28.9 Å². The SMILES string of the molecule is CCc1ccc(C2NC(C)C(=O)N2CCS(=O)CC)cc1. The predicted molar refractivity (Wildman–Crippen MR) is 86.4 cm³/mol. The Morgan fingerprint density at radius 2 is 1.90 bits per heavy atom. The lowest BCUT2D eigenvalue weighted by Crippen LogP contribution is -2.34. The minimum absolute atomic E-state index is 0.0904. The minimum atomic E-state index is -0.847. The lowest BCUT2D eigenvalue weighted by atomic mass is 10.1. The van der Waals surface area contributed by atoms with E-state index in [1.165, 1.54) is 5.56 Å². The number of rotatable bonds is 6. The van der Waals surface area contributed by atoms with Crippen molar-refractivity contribution in [2.24, 2.45) is 0 Å². The van der Waals surface area contributed by atoms with E-state index in [9.17, 15) is 9.00 Å². The highest BCUT2D eigenvalue weighted by molar-refractivity contribution is 7.84. The quantitative estimate of drug-likeness (QED) is 0.872. The molecule has 3 atom stereocenters. The summed E-state index contributed by atoms with van der Waals surface area (Å²) in [4.78, 5) is 14.1. The molecule has 1 amide bonds. The van der Waals surface area contributed by atoms with Crippen LogP contribution in [-0.4, -0.2) is 39.1 Å². The maximum absolute atomic E-state index is 12.3. The van der Waals surface area contributed by atoms with Crippen LogP contribution in [0.15, 0.2) is 24.3 Å². The molecule has 1 aromatic rings. The average molecular weight is 308 g/mol. The van der Waals surface area contributed by atoms with E-state index in [0.29, 0.717) is 18.1 Å². The molecular formula is C16H24N2O2S. The van der Waals surface area contributed by atoms with Gasteiger partial charge in [0.1, 0.15) is 6.17 Å². The average Bonchev–Trinajstić information content (AvgIpc) is 2.80. The maximum atomic E-state index is 12.3. The molecular weight excluding hydrogens is 284 g/mol. The van der Waals surface area contributed by atoms with E-state index in [1.54, 1.807) is 0 Å². The molecule has 0 spiro atoms. The Hall–Kier alpha value is -1.20. The van der Waals surface area contributed by atoms with Gasteiger partial charge in [-0.3, -0.25) is 14.3 Å². The van der Waals surface area contributed by atoms with Crippen LogP contribution in [0.3, 0.4) is 0 Å². The van der Waals surface area contributed by atoms with Crippen molar-refractivity contribution in [2.75, 3.05) is 18.1 Å². The number of benzene rings is 1.